The molecule has 10 heteroatoms. The Morgan fingerprint density at radius 2 is 1.73 bits per heavy atom. The van der Waals surface area contributed by atoms with E-state index in [0.717, 1.165) is 22.2 Å². The summed E-state index contributed by atoms with van der Waals surface area (Å²) in [4.78, 5) is 17.5. The largest absolute Gasteiger partial charge is 0.493 e. The van der Waals surface area contributed by atoms with Crippen molar-refractivity contribution in [3.8, 4) is 11.5 Å². The van der Waals surface area contributed by atoms with Crippen molar-refractivity contribution in [1.29, 1.82) is 0 Å². The fourth-order valence-corrected chi connectivity index (χ4v) is 4.94. The lowest BCUT2D eigenvalue weighted by molar-refractivity contribution is 0.0297. The molecule has 40 heavy (non-hydrogen) atoms. The molecule has 0 aliphatic carbocycles. The number of para-hydroxylation sites is 1. The van der Waals surface area contributed by atoms with Crippen molar-refractivity contribution in [3.05, 3.63) is 112 Å². The van der Waals surface area contributed by atoms with Crippen LogP contribution in [0.4, 0.5) is 5.69 Å². The highest BCUT2D eigenvalue weighted by molar-refractivity contribution is 6.35. The average molecular weight is 577 g/mol. The first-order valence-electron chi connectivity index (χ1n) is 12.4. The van der Waals surface area contributed by atoms with Crippen molar-refractivity contribution in [2.75, 3.05) is 19.5 Å². The van der Waals surface area contributed by atoms with Crippen molar-refractivity contribution in [2.24, 2.45) is 0 Å². The van der Waals surface area contributed by atoms with Crippen molar-refractivity contribution >= 4 is 45.8 Å². The van der Waals surface area contributed by atoms with Crippen LogP contribution in [0.5, 0.6) is 11.5 Å². The highest BCUT2D eigenvalue weighted by Gasteiger charge is 2.23. The second-order valence-corrected chi connectivity index (χ2v) is 9.80. The minimum atomic E-state index is -0.718. The molecule has 0 saturated carbocycles. The second-order valence-electron chi connectivity index (χ2n) is 8.99. The number of H-pyrrole nitrogens is 1. The van der Waals surface area contributed by atoms with E-state index < -0.39 is 12.1 Å². The smallest absolute Gasteiger partial charge is 0.338 e. The maximum absolute atomic E-state index is 13.4. The number of esters is 1. The number of methoxy groups -OCH3 is 2. The number of halogens is 2. The van der Waals surface area contributed by atoms with Crippen LogP contribution >= 0.6 is 23.2 Å². The number of carbonyl (C=O) groups is 1. The van der Waals surface area contributed by atoms with E-state index in [1.54, 1.807) is 44.7 Å². The average Bonchev–Trinajstić information content (AvgIpc) is 3.47. The van der Waals surface area contributed by atoms with Gasteiger partial charge < -0.3 is 19.5 Å². The third kappa shape index (κ3) is 5.98. The van der Waals surface area contributed by atoms with Crippen LogP contribution < -0.4 is 14.8 Å². The number of rotatable bonds is 10. The van der Waals surface area contributed by atoms with Crippen molar-refractivity contribution in [2.45, 2.75) is 19.1 Å². The zero-order valence-corrected chi connectivity index (χ0v) is 23.3. The summed E-state index contributed by atoms with van der Waals surface area (Å²) in [5.41, 5.74) is 4.48. The van der Waals surface area contributed by atoms with Crippen molar-refractivity contribution < 1.29 is 19.0 Å². The molecule has 0 fully saturated rings. The summed E-state index contributed by atoms with van der Waals surface area (Å²) in [5.74, 6) is 0.578. The highest BCUT2D eigenvalue weighted by Crippen LogP contribution is 2.35. The second kappa shape index (κ2) is 12.3. The van der Waals surface area contributed by atoms with Crippen LogP contribution in [0.25, 0.3) is 10.9 Å². The number of aromatic nitrogens is 3. The first-order chi connectivity index (χ1) is 19.5. The summed E-state index contributed by atoms with van der Waals surface area (Å²) in [7, 11) is 3.11. The monoisotopic (exact) mass is 576 g/mol. The molecule has 8 nitrogen and oxygen atoms in total. The SMILES string of the molecule is COc1ccc([C@H](Cc2c(Cl)cncc2Cl)OC(=O)c2cccc(CNc3cccc4cn[nH]c34)c2)cc1OC. The van der Waals surface area contributed by atoms with E-state index >= 15 is 0 Å². The standard InChI is InChI=1S/C30H26Cl2N4O4/c1-38-26-10-9-19(12-28(26)39-2)27(13-22-23(31)16-33-17-24(22)32)40-30(37)20-6-3-5-18(11-20)14-34-25-8-4-7-21-15-35-36-29(21)25/h3-12,15-17,27,34H,13-14H2,1-2H3,(H,35,36)/t27-/m0/s1. The molecule has 0 unspecified atom stereocenters. The molecule has 0 aliphatic rings. The fourth-order valence-electron chi connectivity index (χ4n) is 4.42. The molecule has 0 aliphatic heterocycles. The molecule has 1 atom stereocenters. The van der Waals surface area contributed by atoms with Gasteiger partial charge in [-0.2, -0.15) is 5.10 Å². The van der Waals surface area contributed by atoms with Gasteiger partial charge in [-0.05, 0) is 47.0 Å². The van der Waals surface area contributed by atoms with E-state index in [1.165, 1.54) is 12.4 Å². The number of carbonyl (C=O) groups excluding carboxylic acids is 1. The molecule has 0 spiro atoms. The number of fused-ring (bicyclic) bond motifs is 1. The van der Waals surface area contributed by atoms with Gasteiger partial charge in [-0.1, -0.05) is 53.5 Å². The Morgan fingerprint density at radius 1 is 0.950 bits per heavy atom. The van der Waals surface area contributed by atoms with Gasteiger partial charge in [-0.15, -0.1) is 0 Å². The number of nitrogens with one attached hydrogen (secondary N) is 2. The molecule has 5 aromatic rings. The van der Waals surface area contributed by atoms with Crippen LogP contribution in [0.2, 0.25) is 10.0 Å². The van der Waals surface area contributed by atoms with Crippen molar-refractivity contribution in [1.82, 2.24) is 15.2 Å². The number of hydrogen-bond acceptors (Lipinski definition) is 7. The Hall–Kier alpha value is -4.27. The van der Waals surface area contributed by atoms with E-state index in [0.29, 0.717) is 44.8 Å². The Bertz CT molecular complexity index is 1640. The molecule has 0 radical (unpaired) electrons. The van der Waals surface area contributed by atoms with Crippen molar-refractivity contribution in [3.63, 3.8) is 0 Å². The van der Waals surface area contributed by atoms with Gasteiger partial charge in [-0.25, -0.2) is 4.79 Å². The molecule has 2 aromatic heterocycles. The summed E-state index contributed by atoms with van der Waals surface area (Å²) >= 11 is 12.8. The van der Waals surface area contributed by atoms with Crippen LogP contribution in [0, 0.1) is 0 Å². The fraction of sp³-hybridized carbons (Fsp3) is 0.167. The molecule has 204 valence electrons. The number of benzene rings is 3. The molecule has 0 bridgehead atoms. The molecule has 0 saturated heterocycles. The first kappa shape index (κ1) is 27.3. The minimum Gasteiger partial charge on any atom is -0.493 e. The van der Waals surface area contributed by atoms with Crippen LogP contribution in [-0.4, -0.2) is 35.4 Å². The number of ether oxygens (including phenoxy) is 3. The Labute approximate surface area is 241 Å². The van der Waals surface area contributed by atoms with E-state index in [4.69, 9.17) is 37.4 Å². The number of anilines is 1. The quantitative estimate of drug-likeness (QED) is 0.172. The van der Waals surface area contributed by atoms with Crippen LogP contribution in [0.1, 0.15) is 33.2 Å². The summed E-state index contributed by atoms with van der Waals surface area (Å²) in [6.45, 7) is 0.501. The Morgan fingerprint density at radius 3 is 2.50 bits per heavy atom. The lowest BCUT2D eigenvalue weighted by Gasteiger charge is -2.21. The first-order valence-corrected chi connectivity index (χ1v) is 13.2. The van der Waals surface area contributed by atoms with Gasteiger partial charge in [0.25, 0.3) is 0 Å². The molecular formula is C30H26Cl2N4O4. The molecule has 2 heterocycles. The van der Waals surface area contributed by atoms with E-state index in [9.17, 15) is 4.79 Å². The lowest BCUT2D eigenvalue weighted by atomic mass is 10.0. The number of hydrogen-bond donors (Lipinski definition) is 2. The summed E-state index contributed by atoms with van der Waals surface area (Å²) < 4.78 is 16.9. The normalized spacial score (nSPS) is 11.7. The lowest BCUT2D eigenvalue weighted by Crippen LogP contribution is -2.15. The van der Waals surface area contributed by atoms with E-state index in [1.807, 2.05) is 36.4 Å². The third-order valence-corrected chi connectivity index (χ3v) is 7.14. The van der Waals surface area contributed by atoms with Crippen LogP contribution in [0.3, 0.4) is 0 Å². The maximum atomic E-state index is 13.4. The zero-order chi connectivity index (χ0) is 28.1. The number of pyridine rings is 1. The zero-order valence-electron chi connectivity index (χ0n) is 21.8. The summed E-state index contributed by atoms with van der Waals surface area (Å²) in [6.07, 6.45) is 4.31. The van der Waals surface area contributed by atoms with Gasteiger partial charge >= 0.3 is 5.97 Å². The topological polar surface area (TPSA) is 98.4 Å². The minimum absolute atomic E-state index is 0.233. The Balaban J connectivity index is 1.39. The summed E-state index contributed by atoms with van der Waals surface area (Å²) in [5, 5.41) is 12.3. The van der Waals surface area contributed by atoms with Crippen LogP contribution in [0.15, 0.2) is 79.3 Å². The molecule has 0 amide bonds. The summed E-state index contributed by atoms with van der Waals surface area (Å²) in [6, 6.07) is 18.6. The van der Waals surface area contributed by atoms with Gasteiger partial charge in [0.2, 0.25) is 0 Å². The molecule has 5 rings (SSSR count). The van der Waals surface area contributed by atoms with Gasteiger partial charge in [-0.3, -0.25) is 10.1 Å². The number of aromatic amines is 1. The van der Waals surface area contributed by atoms with Gasteiger partial charge in [0.1, 0.15) is 6.10 Å². The predicted molar refractivity (Wildman–Crippen MR) is 156 cm³/mol. The maximum Gasteiger partial charge on any atom is 0.338 e. The van der Waals surface area contributed by atoms with Crippen LogP contribution in [-0.2, 0) is 17.7 Å². The third-order valence-electron chi connectivity index (χ3n) is 6.49. The van der Waals surface area contributed by atoms with E-state index in [2.05, 4.69) is 20.5 Å². The van der Waals surface area contributed by atoms with E-state index in [-0.39, 0.29) is 6.42 Å². The molecular weight excluding hydrogens is 551 g/mol. The number of nitrogens with zero attached hydrogens (tertiary/aromatic N) is 2. The molecule has 2 N–H and O–H groups in total. The Kier molecular flexibility index (Phi) is 8.38. The van der Waals surface area contributed by atoms with Gasteiger partial charge in [0.05, 0.1) is 47.2 Å². The highest BCUT2D eigenvalue weighted by atomic mass is 35.5. The molecule has 3 aromatic carbocycles. The predicted octanol–water partition coefficient (Wildman–Crippen LogP) is 7.03. The van der Waals surface area contributed by atoms with Gasteiger partial charge in [0, 0.05) is 30.7 Å². The van der Waals surface area contributed by atoms with Gasteiger partial charge in [0.15, 0.2) is 11.5 Å².